The highest BCUT2D eigenvalue weighted by Gasteiger charge is 2.33. The molecule has 0 aromatic carbocycles. The molecule has 0 amide bonds. The molecule has 0 aliphatic carbocycles. The van der Waals surface area contributed by atoms with Crippen molar-refractivity contribution in [2.45, 2.75) is 12.7 Å². The lowest BCUT2D eigenvalue weighted by molar-refractivity contribution is -0.141. The maximum atomic E-state index is 12.4. The molecule has 1 N–H and O–H groups in total. The molecule has 0 bridgehead atoms. The Balaban J connectivity index is 1.96. The summed E-state index contributed by atoms with van der Waals surface area (Å²) >= 11 is 0. The summed E-state index contributed by atoms with van der Waals surface area (Å²) in [6, 6.07) is 5.32. The first-order valence-electron chi connectivity index (χ1n) is 5.76. The summed E-state index contributed by atoms with van der Waals surface area (Å²) in [5.74, 6) is 0.213. The fourth-order valence-corrected chi connectivity index (χ4v) is 1.52. The van der Waals surface area contributed by atoms with Crippen LogP contribution in [0.5, 0.6) is 5.88 Å². The number of nitrogens with one attached hydrogen (secondary N) is 1. The van der Waals surface area contributed by atoms with Gasteiger partial charge in [0.15, 0.2) is 0 Å². The van der Waals surface area contributed by atoms with Crippen molar-refractivity contribution in [2.24, 2.45) is 0 Å². The van der Waals surface area contributed by atoms with Gasteiger partial charge in [-0.3, -0.25) is 9.89 Å². The molecular weight excluding hydrogens is 289 g/mol. The first-order valence-corrected chi connectivity index (χ1v) is 5.76. The quantitative estimate of drug-likeness (QED) is 0.928. The van der Waals surface area contributed by atoms with Crippen molar-refractivity contribution in [3.63, 3.8) is 0 Å². The van der Waals surface area contributed by atoms with E-state index >= 15 is 0 Å². The monoisotopic (exact) mass is 298 g/mol. The fraction of sp³-hybridized carbons (Fsp3) is 0.250. The number of pyridine rings is 1. The van der Waals surface area contributed by atoms with Crippen LogP contribution in [0.25, 0.3) is 0 Å². The number of ether oxygens (including phenoxy) is 1. The Bertz CT molecular complexity index is 710. The SMILES string of the molecule is N#Cc1ccc(OCCn2[nH]c(C(F)(F)F)cc2=O)nc1. The van der Waals surface area contributed by atoms with Crippen LogP contribution in [0.15, 0.2) is 29.2 Å². The van der Waals surface area contributed by atoms with Crippen molar-refractivity contribution >= 4 is 0 Å². The van der Waals surface area contributed by atoms with Gasteiger partial charge in [0.05, 0.1) is 12.1 Å². The summed E-state index contributed by atoms with van der Waals surface area (Å²) in [6.07, 6.45) is -3.29. The number of hydrogen-bond donors (Lipinski definition) is 1. The Labute approximate surface area is 116 Å². The Kier molecular flexibility index (Phi) is 3.98. The van der Waals surface area contributed by atoms with Gasteiger partial charge in [-0.05, 0) is 6.07 Å². The predicted molar refractivity (Wildman–Crippen MR) is 64.5 cm³/mol. The van der Waals surface area contributed by atoms with Gasteiger partial charge >= 0.3 is 6.18 Å². The topological polar surface area (TPSA) is 83.7 Å². The number of nitriles is 1. The first kappa shape index (κ1) is 14.6. The van der Waals surface area contributed by atoms with Crippen molar-refractivity contribution in [1.29, 1.82) is 5.26 Å². The largest absolute Gasteiger partial charge is 0.476 e. The molecule has 9 heteroatoms. The van der Waals surface area contributed by atoms with Crippen LogP contribution in [0.3, 0.4) is 0 Å². The summed E-state index contributed by atoms with van der Waals surface area (Å²) in [4.78, 5) is 15.2. The van der Waals surface area contributed by atoms with E-state index in [1.54, 1.807) is 0 Å². The number of hydrogen-bond acceptors (Lipinski definition) is 4. The number of aromatic nitrogens is 3. The standard InChI is InChI=1S/C12H9F3N4O2/c13-12(14,15)9-5-11(20)19(18-9)3-4-21-10-2-1-8(6-16)7-17-10/h1-2,5,7,18H,3-4H2. The summed E-state index contributed by atoms with van der Waals surface area (Å²) in [5, 5.41) is 10.5. The Hall–Kier alpha value is -2.76. The summed E-state index contributed by atoms with van der Waals surface area (Å²) in [5.41, 5.74) is -1.54. The molecule has 0 fully saturated rings. The Morgan fingerprint density at radius 2 is 2.19 bits per heavy atom. The van der Waals surface area contributed by atoms with Gasteiger partial charge in [-0.15, -0.1) is 0 Å². The third kappa shape index (κ3) is 3.62. The van der Waals surface area contributed by atoms with Gasteiger partial charge in [0.25, 0.3) is 5.56 Å². The lowest BCUT2D eigenvalue weighted by Gasteiger charge is -2.06. The van der Waals surface area contributed by atoms with Gasteiger partial charge in [-0.1, -0.05) is 0 Å². The third-order valence-corrected chi connectivity index (χ3v) is 2.52. The molecule has 110 valence electrons. The maximum Gasteiger partial charge on any atom is 0.432 e. The van der Waals surface area contributed by atoms with E-state index in [0.29, 0.717) is 11.6 Å². The maximum absolute atomic E-state index is 12.4. The molecular formula is C12H9F3N4O2. The number of halogens is 3. The van der Waals surface area contributed by atoms with Gasteiger partial charge in [-0.25, -0.2) is 9.67 Å². The molecule has 0 saturated carbocycles. The van der Waals surface area contributed by atoms with Crippen LogP contribution < -0.4 is 10.3 Å². The van der Waals surface area contributed by atoms with Crippen LogP contribution in [0, 0.1) is 11.3 Å². The fourth-order valence-electron chi connectivity index (χ4n) is 1.52. The zero-order chi connectivity index (χ0) is 15.5. The Morgan fingerprint density at radius 3 is 2.71 bits per heavy atom. The van der Waals surface area contributed by atoms with Crippen LogP contribution in [0.4, 0.5) is 13.2 Å². The van der Waals surface area contributed by atoms with Crippen molar-refractivity contribution in [2.75, 3.05) is 6.61 Å². The average molecular weight is 298 g/mol. The number of alkyl halides is 3. The van der Waals surface area contributed by atoms with Crippen LogP contribution >= 0.6 is 0 Å². The van der Waals surface area contributed by atoms with Crippen molar-refractivity contribution < 1.29 is 17.9 Å². The van der Waals surface area contributed by atoms with E-state index in [4.69, 9.17) is 10.00 Å². The van der Waals surface area contributed by atoms with E-state index < -0.39 is 17.4 Å². The van der Waals surface area contributed by atoms with E-state index in [-0.39, 0.29) is 19.0 Å². The zero-order valence-corrected chi connectivity index (χ0v) is 10.5. The van der Waals surface area contributed by atoms with Crippen LogP contribution in [0.2, 0.25) is 0 Å². The second kappa shape index (κ2) is 5.70. The predicted octanol–water partition coefficient (Wildman–Crippen LogP) is 1.54. The molecule has 0 spiro atoms. The van der Waals surface area contributed by atoms with E-state index in [2.05, 4.69) is 4.98 Å². The number of rotatable bonds is 4. The first-order chi connectivity index (χ1) is 9.90. The summed E-state index contributed by atoms with van der Waals surface area (Å²) in [6.45, 7) is -0.132. The smallest absolute Gasteiger partial charge is 0.432 e. The van der Waals surface area contributed by atoms with Gasteiger partial charge in [0, 0.05) is 18.3 Å². The molecule has 0 unspecified atom stereocenters. The molecule has 2 aromatic heterocycles. The molecule has 2 aromatic rings. The molecule has 0 aliphatic rings. The van der Waals surface area contributed by atoms with E-state index in [0.717, 1.165) is 4.68 Å². The highest BCUT2D eigenvalue weighted by atomic mass is 19.4. The number of H-pyrrole nitrogens is 1. The summed E-state index contributed by atoms with van der Waals surface area (Å²) in [7, 11) is 0. The molecule has 2 heterocycles. The molecule has 2 rings (SSSR count). The molecule has 21 heavy (non-hydrogen) atoms. The average Bonchev–Trinajstić information content (AvgIpc) is 2.81. The van der Waals surface area contributed by atoms with Crippen molar-refractivity contribution in [3.05, 3.63) is 46.0 Å². The van der Waals surface area contributed by atoms with E-state index in [1.165, 1.54) is 18.3 Å². The second-order valence-electron chi connectivity index (χ2n) is 4.00. The molecule has 0 aliphatic heterocycles. The van der Waals surface area contributed by atoms with Crippen molar-refractivity contribution in [1.82, 2.24) is 14.8 Å². The lowest BCUT2D eigenvalue weighted by atomic mass is 10.3. The highest BCUT2D eigenvalue weighted by Crippen LogP contribution is 2.26. The van der Waals surface area contributed by atoms with Crippen molar-refractivity contribution in [3.8, 4) is 11.9 Å². The van der Waals surface area contributed by atoms with E-state index in [9.17, 15) is 18.0 Å². The van der Waals surface area contributed by atoms with Gasteiger partial charge in [-0.2, -0.15) is 18.4 Å². The van der Waals surface area contributed by atoms with Crippen LogP contribution in [0.1, 0.15) is 11.3 Å². The molecule has 0 radical (unpaired) electrons. The van der Waals surface area contributed by atoms with Gasteiger partial charge < -0.3 is 4.74 Å². The van der Waals surface area contributed by atoms with E-state index in [1.807, 2.05) is 11.2 Å². The minimum atomic E-state index is -4.60. The van der Waals surface area contributed by atoms with Gasteiger partial charge in [0.2, 0.25) is 5.88 Å². The Morgan fingerprint density at radius 1 is 1.43 bits per heavy atom. The molecule has 6 nitrogen and oxygen atoms in total. The summed E-state index contributed by atoms with van der Waals surface area (Å²) < 4.78 is 43.1. The number of aromatic amines is 1. The van der Waals surface area contributed by atoms with Crippen LogP contribution in [-0.2, 0) is 12.7 Å². The molecule has 0 saturated heterocycles. The normalized spacial score (nSPS) is 11.1. The zero-order valence-electron chi connectivity index (χ0n) is 10.5. The lowest BCUT2D eigenvalue weighted by Crippen LogP contribution is -2.20. The number of nitrogens with zero attached hydrogens (tertiary/aromatic N) is 3. The second-order valence-corrected chi connectivity index (χ2v) is 4.00. The van der Waals surface area contributed by atoms with Crippen LogP contribution in [-0.4, -0.2) is 21.4 Å². The third-order valence-electron chi connectivity index (χ3n) is 2.52. The minimum absolute atomic E-state index is 0.0450. The highest BCUT2D eigenvalue weighted by molar-refractivity contribution is 5.28. The minimum Gasteiger partial charge on any atom is -0.476 e. The molecule has 0 atom stereocenters. The van der Waals surface area contributed by atoms with Gasteiger partial charge in [0.1, 0.15) is 18.4 Å².